The fourth-order valence-corrected chi connectivity index (χ4v) is 4.47. The Morgan fingerprint density at radius 2 is 2.00 bits per heavy atom. The second-order valence-corrected chi connectivity index (χ2v) is 8.55. The average Bonchev–Trinajstić information content (AvgIpc) is 3.40. The third-order valence-corrected chi connectivity index (χ3v) is 6.33. The second kappa shape index (κ2) is 7.34. The SMILES string of the molecule is Cc1n[nH]nc1-c1ccnc(-c2cn(C[C@H]3CCOc4ccc(C5CC5)cc43)cn2)c1. The van der Waals surface area contributed by atoms with E-state index in [4.69, 9.17) is 4.74 Å². The minimum absolute atomic E-state index is 0.432. The fraction of sp³-hybridized carbons (Fsp3) is 0.333. The number of hydrogen-bond donors (Lipinski definition) is 1. The summed E-state index contributed by atoms with van der Waals surface area (Å²) in [5.74, 6) is 2.22. The third kappa shape index (κ3) is 3.50. The Labute approximate surface area is 180 Å². The van der Waals surface area contributed by atoms with E-state index in [0.29, 0.717) is 5.92 Å². The first-order valence-corrected chi connectivity index (χ1v) is 10.9. The molecule has 1 aromatic carbocycles. The van der Waals surface area contributed by atoms with Crippen LogP contribution in [0.5, 0.6) is 5.75 Å². The van der Waals surface area contributed by atoms with Crippen molar-refractivity contribution in [3.63, 3.8) is 0 Å². The van der Waals surface area contributed by atoms with E-state index in [1.165, 1.54) is 24.0 Å². The summed E-state index contributed by atoms with van der Waals surface area (Å²) in [7, 11) is 0. The zero-order valence-corrected chi connectivity index (χ0v) is 17.5. The normalized spacial score (nSPS) is 17.9. The lowest BCUT2D eigenvalue weighted by atomic mass is 9.91. The van der Waals surface area contributed by atoms with E-state index in [9.17, 15) is 0 Å². The van der Waals surface area contributed by atoms with Crippen molar-refractivity contribution in [2.24, 2.45) is 0 Å². The highest BCUT2D eigenvalue weighted by molar-refractivity contribution is 5.67. The fourth-order valence-electron chi connectivity index (χ4n) is 4.47. The summed E-state index contributed by atoms with van der Waals surface area (Å²) in [6, 6.07) is 10.7. The second-order valence-electron chi connectivity index (χ2n) is 8.55. The zero-order valence-electron chi connectivity index (χ0n) is 17.5. The maximum absolute atomic E-state index is 5.93. The molecule has 0 radical (unpaired) electrons. The molecule has 1 aliphatic heterocycles. The Kier molecular flexibility index (Phi) is 4.33. The molecule has 31 heavy (non-hydrogen) atoms. The molecule has 0 saturated heterocycles. The van der Waals surface area contributed by atoms with Gasteiger partial charge in [-0.3, -0.25) is 4.98 Å². The van der Waals surface area contributed by atoms with Gasteiger partial charge in [0.1, 0.15) is 17.1 Å². The highest BCUT2D eigenvalue weighted by atomic mass is 16.5. The van der Waals surface area contributed by atoms with Crippen molar-refractivity contribution >= 4 is 0 Å². The van der Waals surface area contributed by atoms with Gasteiger partial charge in [0.25, 0.3) is 0 Å². The summed E-state index contributed by atoms with van der Waals surface area (Å²) in [6.07, 6.45) is 9.44. The molecule has 0 bridgehead atoms. The third-order valence-electron chi connectivity index (χ3n) is 6.33. The molecule has 1 saturated carbocycles. The molecule has 6 rings (SSSR count). The van der Waals surface area contributed by atoms with Gasteiger partial charge < -0.3 is 9.30 Å². The molecule has 4 heterocycles. The molecule has 2 aliphatic rings. The van der Waals surface area contributed by atoms with Gasteiger partial charge in [0.15, 0.2) is 0 Å². The van der Waals surface area contributed by atoms with Crippen LogP contribution in [0.25, 0.3) is 22.6 Å². The lowest BCUT2D eigenvalue weighted by Crippen LogP contribution is -2.18. The van der Waals surface area contributed by atoms with Gasteiger partial charge in [0, 0.05) is 30.4 Å². The molecule has 156 valence electrons. The van der Waals surface area contributed by atoms with E-state index < -0.39 is 0 Å². The van der Waals surface area contributed by atoms with E-state index in [2.05, 4.69) is 54.3 Å². The number of benzene rings is 1. The molecular weight excluding hydrogens is 388 g/mol. The van der Waals surface area contributed by atoms with Crippen LogP contribution >= 0.6 is 0 Å². The standard InChI is InChI=1S/C24H24N6O/c1-15-24(28-29-27-15)18-6-8-25-21(11-18)22-13-30(14-26-22)12-19-7-9-31-23-5-4-17(10-20(19)23)16-2-3-16/h4-6,8,10-11,13-14,16,19H,2-3,7,9,12H2,1H3,(H,27,28,29)/t19-/m1/s1. The van der Waals surface area contributed by atoms with E-state index in [0.717, 1.165) is 59.6 Å². The van der Waals surface area contributed by atoms with Crippen molar-refractivity contribution in [2.45, 2.75) is 44.6 Å². The van der Waals surface area contributed by atoms with Crippen molar-refractivity contribution in [3.8, 4) is 28.4 Å². The number of nitrogens with zero attached hydrogens (tertiary/aromatic N) is 5. The number of aryl methyl sites for hydroxylation is 1. The number of fused-ring (bicyclic) bond motifs is 1. The lowest BCUT2D eigenvalue weighted by Gasteiger charge is -2.26. The summed E-state index contributed by atoms with van der Waals surface area (Å²) < 4.78 is 8.11. The first-order chi connectivity index (χ1) is 15.2. The Balaban J connectivity index is 1.25. The molecule has 7 heteroatoms. The Hall–Kier alpha value is -3.48. The molecule has 7 nitrogen and oxygen atoms in total. The monoisotopic (exact) mass is 412 g/mol. The van der Waals surface area contributed by atoms with E-state index >= 15 is 0 Å². The lowest BCUT2D eigenvalue weighted by molar-refractivity contribution is 0.258. The molecule has 1 aliphatic carbocycles. The molecule has 1 fully saturated rings. The molecule has 0 unspecified atom stereocenters. The number of imidazole rings is 1. The zero-order chi connectivity index (χ0) is 20.8. The minimum Gasteiger partial charge on any atom is -0.493 e. The van der Waals surface area contributed by atoms with Crippen molar-refractivity contribution < 1.29 is 4.74 Å². The van der Waals surface area contributed by atoms with Crippen LogP contribution in [0, 0.1) is 6.92 Å². The van der Waals surface area contributed by atoms with Crippen LogP contribution in [0.3, 0.4) is 0 Å². The highest BCUT2D eigenvalue weighted by Gasteiger charge is 2.28. The number of H-pyrrole nitrogens is 1. The molecule has 0 amide bonds. The van der Waals surface area contributed by atoms with Gasteiger partial charge in [-0.1, -0.05) is 12.1 Å². The van der Waals surface area contributed by atoms with Crippen molar-refractivity contribution in [1.82, 2.24) is 29.9 Å². The summed E-state index contributed by atoms with van der Waals surface area (Å²) >= 11 is 0. The molecular formula is C24H24N6O. The number of rotatable bonds is 5. The first kappa shape index (κ1) is 18.3. The summed E-state index contributed by atoms with van der Waals surface area (Å²) in [4.78, 5) is 9.16. The van der Waals surface area contributed by atoms with Gasteiger partial charge >= 0.3 is 0 Å². The molecule has 4 aromatic rings. The molecule has 3 aromatic heterocycles. The number of ether oxygens (including phenoxy) is 1. The summed E-state index contributed by atoms with van der Waals surface area (Å²) in [5.41, 5.74) is 7.19. The molecule has 1 N–H and O–H groups in total. The Morgan fingerprint density at radius 1 is 1.06 bits per heavy atom. The van der Waals surface area contributed by atoms with Gasteiger partial charge in [-0.2, -0.15) is 15.4 Å². The van der Waals surface area contributed by atoms with E-state index in [-0.39, 0.29) is 0 Å². The Bertz CT molecular complexity index is 1240. The van der Waals surface area contributed by atoms with Crippen molar-refractivity contribution in [2.75, 3.05) is 6.61 Å². The first-order valence-electron chi connectivity index (χ1n) is 10.9. The van der Waals surface area contributed by atoms with Crippen LogP contribution in [-0.4, -0.2) is 36.6 Å². The number of nitrogens with one attached hydrogen (secondary N) is 1. The van der Waals surface area contributed by atoms with E-state index in [1.54, 1.807) is 6.20 Å². The van der Waals surface area contributed by atoms with Gasteiger partial charge in [-0.05, 0) is 61.4 Å². The van der Waals surface area contributed by atoms with Crippen LogP contribution in [0.2, 0.25) is 0 Å². The quantitative estimate of drug-likeness (QED) is 0.523. The maximum Gasteiger partial charge on any atom is 0.122 e. The van der Waals surface area contributed by atoms with Crippen LogP contribution < -0.4 is 4.74 Å². The predicted molar refractivity (Wildman–Crippen MR) is 117 cm³/mol. The van der Waals surface area contributed by atoms with Crippen molar-refractivity contribution in [1.29, 1.82) is 0 Å². The Morgan fingerprint density at radius 3 is 2.84 bits per heavy atom. The van der Waals surface area contributed by atoms with Gasteiger partial charge in [0.2, 0.25) is 0 Å². The molecule has 0 spiro atoms. The van der Waals surface area contributed by atoms with Crippen molar-refractivity contribution in [3.05, 3.63) is 65.9 Å². The van der Waals surface area contributed by atoms with Crippen LogP contribution in [-0.2, 0) is 6.54 Å². The average molecular weight is 412 g/mol. The van der Waals surface area contributed by atoms with Crippen LogP contribution in [0.4, 0.5) is 0 Å². The van der Waals surface area contributed by atoms with E-state index in [1.807, 2.05) is 25.4 Å². The summed E-state index contributed by atoms with van der Waals surface area (Å²) in [6.45, 7) is 3.59. The number of aromatic nitrogens is 6. The molecule has 1 atom stereocenters. The summed E-state index contributed by atoms with van der Waals surface area (Å²) in [5, 5.41) is 11.0. The topological polar surface area (TPSA) is 81.5 Å². The van der Waals surface area contributed by atoms with Gasteiger partial charge in [-0.15, -0.1) is 0 Å². The van der Waals surface area contributed by atoms with Gasteiger partial charge in [-0.25, -0.2) is 4.98 Å². The van der Waals surface area contributed by atoms with Crippen LogP contribution in [0.15, 0.2) is 49.1 Å². The number of aromatic amines is 1. The number of hydrogen-bond acceptors (Lipinski definition) is 5. The smallest absolute Gasteiger partial charge is 0.122 e. The maximum atomic E-state index is 5.93. The van der Waals surface area contributed by atoms with Gasteiger partial charge in [0.05, 0.1) is 24.3 Å². The highest BCUT2D eigenvalue weighted by Crippen LogP contribution is 2.44. The predicted octanol–water partition coefficient (Wildman–Crippen LogP) is 4.48. The minimum atomic E-state index is 0.432. The largest absolute Gasteiger partial charge is 0.493 e. The van der Waals surface area contributed by atoms with Crippen LogP contribution in [0.1, 0.15) is 47.9 Å². The number of pyridine rings is 1.